The third-order valence-electron chi connectivity index (χ3n) is 3.04. The molecule has 1 aromatic heterocycles. The number of carbonyl (C=O) groups is 1. The van der Waals surface area contributed by atoms with E-state index in [0.717, 1.165) is 42.4 Å². The minimum absolute atomic E-state index is 0.104. The fourth-order valence-electron chi connectivity index (χ4n) is 1.88. The van der Waals surface area contributed by atoms with Gasteiger partial charge in [-0.3, -0.25) is 4.79 Å². The molecule has 6 nitrogen and oxygen atoms in total. The first-order valence-electron chi connectivity index (χ1n) is 7.47. The van der Waals surface area contributed by atoms with Crippen molar-refractivity contribution in [1.29, 1.82) is 0 Å². The standard InChI is InChI=1S/C15H19BrN4O2S/c16-11-5-7-12(8-6-11)18-13(21)10-23-15-20-19-14(22-15)4-2-1-3-9-17/h5-8H,1-4,9-10,17H2,(H,18,21)/p+1. The van der Waals surface area contributed by atoms with Gasteiger partial charge in [-0.15, -0.1) is 10.2 Å². The minimum Gasteiger partial charge on any atom is -0.416 e. The number of unbranched alkanes of at least 4 members (excludes halogenated alkanes) is 2. The minimum atomic E-state index is -0.104. The Balaban J connectivity index is 1.71. The van der Waals surface area contributed by atoms with E-state index < -0.39 is 0 Å². The highest BCUT2D eigenvalue weighted by molar-refractivity contribution is 9.10. The zero-order valence-electron chi connectivity index (χ0n) is 12.8. The van der Waals surface area contributed by atoms with Crippen LogP contribution in [0.5, 0.6) is 0 Å². The number of hydrogen-bond donors (Lipinski definition) is 2. The summed E-state index contributed by atoms with van der Waals surface area (Å²) >= 11 is 4.60. The number of hydrogen-bond acceptors (Lipinski definition) is 5. The average Bonchev–Trinajstić information content (AvgIpc) is 3.00. The van der Waals surface area contributed by atoms with Crippen LogP contribution in [0, 0.1) is 0 Å². The summed E-state index contributed by atoms with van der Waals surface area (Å²) < 4.78 is 6.49. The van der Waals surface area contributed by atoms with Crippen molar-refractivity contribution in [2.24, 2.45) is 0 Å². The van der Waals surface area contributed by atoms with Crippen LogP contribution in [-0.2, 0) is 11.2 Å². The maximum Gasteiger partial charge on any atom is 0.277 e. The molecule has 0 spiro atoms. The highest BCUT2D eigenvalue weighted by Crippen LogP contribution is 2.18. The first-order chi connectivity index (χ1) is 11.2. The number of amides is 1. The lowest BCUT2D eigenvalue weighted by Crippen LogP contribution is -2.50. The van der Waals surface area contributed by atoms with Gasteiger partial charge in [0.2, 0.25) is 11.8 Å². The van der Waals surface area contributed by atoms with Crippen LogP contribution >= 0.6 is 27.7 Å². The van der Waals surface area contributed by atoms with Gasteiger partial charge in [0.05, 0.1) is 12.3 Å². The first kappa shape index (κ1) is 18.0. The molecule has 1 amide bonds. The van der Waals surface area contributed by atoms with Crippen LogP contribution in [0.15, 0.2) is 38.4 Å². The molecular weight excluding hydrogens is 380 g/mol. The maximum atomic E-state index is 11.9. The Morgan fingerprint density at radius 3 is 2.74 bits per heavy atom. The largest absolute Gasteiger partial charge is 0.416 e. The summed E-state index contributed by atoms with van der Waals surface area (Å²) in [6.07, 6.45) is 4.03. The van der Waals surface area contributed by atoms with Gasteiger partial charge in [-0.2, -0.15) is 0 Å². The van der Waals surface area contributed by atoms with Crippen molar-refractivity contribution < 1.29 is 14.9 Å². The molecule has 2 rings (SSSR count). The Hall–Kier alpha value is -1.38. The van der Waals surface area contributed by atoms with E-state index in [1.165, 1.54) is 11.8 Å². The number of aryl methyl sites for hydroxylation is 1. The monoisotopic (exact) mass is 399 g/mol. The summed E-state index contributed by atoms with van der Waals surface area (Å²) in [4.78, 5) is 11.9. The van der Waals surface area contributed by atoms with E-state index >= 15 is 0 Å². The molecule has 1 aromatic carbocycles. The Kier molecular flexibility index (Phi) is 7.57. The average molecular weight is 400 g/mol. The Bertz CT molecular complexity index is 618. The van der Waals surface area contributed by atoms with E-state index in [9.17, 15) is 4.79 Å². The van der Waals surface area contributed by atoms with E-state index in [2.05, 4.69) is 37.2 Å². The number of rotatable bonds is 9. The zero-order chi connectivity index (χ0) is 16.5. The van der Waals surface area contributed by atoms with Crippen molar-refractivity contribution in [2.75, 3.05) is 17.6 Å². The molecule has 0 saturated heterocycles. The van der Waals surface area contributed by atoms with Crippen LogP contribution in [0.4, 0.5) is 5.69 Å². The summed E-state index contributed by atoms with van der Waals surface area (Å²) in [6.45, 7) is 0.957. The molecule has 0 fully saturated rings. The van der Waals surface area contributed by atoms with Crippen LogP contribution < -0.4 is 11.1 Å². The summed E-state index contributed by atoms with van der Waals surface area (Å²) in [7, 11) is 0. The zero-order valence-corrected chi connectivity index (χ0v) is 15.2. The van der Waals surface area contributed by atoms with Crippen molar-refractivity contribution >= 4 is 39.3 Å². The number of carbonyl (C=O) groups excluding carboxylic acids is 1. The van der Waals surface area contributed by atoms with Gasteiger partial charge in [0.15, 0.2) is 0 Å². The summed E-state index contributed by atoms with van der Waals surface area (Å²) in [6, 6.07) is 7.43. The topological polar surface area (TPSA) is 95.7 Å². The molecule has 0 bridgehead atoms. The fraction of sp³-hybridized carbons (Fsp3) is 0.400. The van der Waals surface area contributed by atoms with Crippen LogP contribution in [-0.4, -0.2) is 28.4 Å². The Morgan fingerprint density at radius 1 is 1.22 bits per heavy atom. The van der Waals surface area contributed by atoms with Crippen molar-refractivity contribution in [3.8, 4) is 0 Å². The van der Waals surface area contributed by atoms with Gasteiger partial charge in [-0.25, -0.2) is 0 Å². The third kappa shape index (κ3) is 6.72. The van der Waals surface area contributed by atoms with E-state index in [4.69, 9.17) is 4.42 Å². The van der Waals surface area contributed by atoms with E-state index in [1.54, 1.807) is 0 Å². The van der Waals surface area contributed by atoms with Crippen LogP contribution in [0.2, 0.25) is 0 Å². The lowest BCUT2D eigenvalue weighted by atomic mass is 10.2. The molecule has 124 valence electrons. The van der Waals surface area contributed by atoms with Crippen molar-refractivity contribution in [1.82, 2.24) is 10.2 Å². The second-order valence-electron chi connectivity index (χ2n) is 4.97. The number of quaternary nitrogens is 1. The van der Waals surface area contributed by atoms with Gasteiger partial charge >= 0.3 is 0 Å². The van der Waals surface area contributed by atoms with Gasteiger partial charge in [0, 0.05) is 16.6 Å². The predicted molar refractivity (Wildman–Crippen MR) is 93.1 cm³/mol. The molecule has 0 aliphatic rings. The van der Waals surface area contributed by atoms with Gasteiger partial charge in [0.25, 0.3) is 5.22 Å². The molecule has 1 heterocycles. The first-order valence-corrected chi connectivity index (χ1v) is 9.25. The van der Waals surface area contributed by atoms with Crippen molar-refractivity contribution in [3.63, 3.8) is 0 Å². The number of anilines is 1. The third-order valence-corrected chi connectivity index (χ3v) is 4.39. The van der Waals surface area contributed by atoms with E-state index in [-0.39, 0.29) is 11.7 Å². The number of nitrogens with zero attached hydrogens (tertiary/aromatic N) is 2. The normalized spacial score (nSPS) is 10.7. The number of benzene rings is 1. The SMILES string of the molecule is [NH3+]CCCCCc1nnc(SCC(=O)Nc2ccc(Br)cc2)o1. The van der Waals surface area contributed by atoms with Gasteiger partial charge in [-0.05, 0) is 43.5 Å². The second-order valence-corrected chi connectivity index (χ2v) is 6.81. The molecule has 8 heteroatoms. The molecule has 23 heavy (non-hydrogen) atoms. The number of halogens is 1. The molecule has 0 unspecified atom stereocenters. The molecule has 0 saturated carbocycles. The summed E-state index contributed by atoms with van der Waals surface area (Å²) in [5.74, 6) is 0.761. The molecule has 0 aliphatic carbocycles. The van der Waals surface area contributed by atoms with Gasteiger partial charge < -0.3 is 15.5 Å². The van der Waals surface area contributed by atoms with Crippen LogP contribution in [0.1, 0.15) is 25.2 Å². The highest BCUT2D eigenvalue weighted by atomic mass is 79.9. The Morgan fingerprint density at radius 2 is 2.00 bits per heavy atom. The Labute approximate surface area is 147 Å². The van der Waals surface area contributed by atoms with Gasteiger partial charge in [0.1, 0.15) is 0 Å². The fourth-order valence-corrected chi connectivity index (χ4v) is 2.73. The van der Waals surface area contributed by atoms with E-state index in [1.807, 2.05) is 24.3 Å². The molecule has 0 atom stereocenters. The highest BCUT2D eigenvalue weighted by Gasteiger charge is 2.10. The smallest absolute Gasteiger partial charge is 0.277 e. The van der Waals surface area contributed by atoms with Crippen LogP contribution in [0.3, 0.4) is 0 Å². The van der Waals surface area contributed by atoms with Crippen LogP contribution in [0.25, 0.3) is 0 Å². The van der Waals surface area contributed by atoms with Crippen molar-refractivity contribution in [3.05, 3.63) is 34.6 Å². The maximum absolute atomic E-state index is 11.9. The molecule has 0 aliphatic heterocycles. The number of aromatic nitrogens is 2. The molecular formula is C15H20BrN4O2S+. The quantitative estimate of drug-likeness (QED) is 0.498. The van der Waals surface area contributed by atoms with Gasteiger partial charge in [-0.1, -0.05) is 27.7 Å². The number of nitrogens with one attached hydrogen (secondary N) is 1. The lowest BCUT2D eigenvalue weighted by molar-refractivity contribution is -0.368. The molecule has 4 N–H and O–H groups in total. The van der Waals surface area contributed by atoms with E-state index in [0.29, 0.717) is 11.1 Å². The number of thioether (sulfide) groups is 1. The summed E-state index contributed by atoms with van der Waals surface area (Å²) in [5, 5.41) is 11.2. The molecule has 2 aromatic rings. The van der Waals surface area contributed by atoms with Crippen molar-refractivity contribution in [2.45, 2.75) is 30.9 Å². The summed E-state index contributed by atoms with van der Waals surface area (Å²) in [5.41, 5.74) is 4.57. The molecule has 0 radical (unpaired) electrons. The predicted octanol–water partition coefficient (Wildman–Crippen LogP) is 2.52. The second kappa shape index (κ2) is 9.69. The lowest BCUT2D eigenvalue weighted by Gasteiger charge is -2.03.